The maximum absolute atomic E-state index is 6.07. The predicted octanol–water partition coefficient (Wildman–Crippen LogP) is 4.65. The standard InChI is InChI=1S/C16H26ClNO/c1-5-6-13(4)19-16-8-7-15(17)9-14(16)11-18-10-12(2)3/h7-9,12-13,18H,5-6,10-11H2,1-4H3. The summed E-state index contributed by atoms with van der Waals surface area (Å²) in [6.07, 6.45) is 2.45. The predicted molar refractivity (Wildman–Crippen MR) is 83.0 cm³/mol. The zero-order chi connectivity index (χ0) is 14.3. The Morgan fingerprint density at radius 3 is 2.63 bits per heavy atom. The Morgan fingerprint density at radius 2 is 2.00 bits per heavy atom. The molecule has 1 aromatic carbocycles. The van der Waals surface area contributed by atoms with E-state index >= 15 is 0 Å². The molecular weight excluding hydrogens is 258 g/mol. The molecule has 0 heterocycles. The van der Waals surface area contributed by atoms with Gasteiger partial charge in [-0.25, -0.2) is 0 Å². The number of halogens is 1. The molecule has 19 heavy (non-hydrogen) atoms. The molecule has 3 heteroatoms. The molecule has 1 unspecified atom stereocenters. The number of benzene rings is 1. The zero-order valence-corrected chi connectivity index (χ0v) is 13.3. The number of ether oxygens (including phenoxy) is 1. The number of hydrogen-bond acceptors (Lipinski definition) is 2. The van der Waals surface area contributed by atoms with Crippen LogP contribution in [0.5, 0.6) is 5.75 Å². The Kier molecular flexibility index (Phi) is 7.25. The SMILES string of the molecule is CCCC(C)Oc1ccc(Cl)cc1CNCC(C)C. The second-order valence-electron chi connectivity index (χ2n) is 5.49. The molecule has 1 rings (SSSR count). The zero-order valence-electron chi connectivity index (χ0n) is 12.5. The summed E-state index contributed by atoms with van der Waals surface area (Å²) in [4.78, 5) is 0. The van der Waals surface area contributed by atoms with Crippen molar-refractivity contribution in [1.29, 1.82) is 0 Å². The van der Waals surface area contributed by atoms with E-state index in [1.54, 1.807) is 0 Å². The van der Waals surface area contributed by atoms with Crippen LogP contribution in [0, 0.1) is 5.92 Å². The highest BCUT2D eigenvalue weighted by atomic mass is 35.5. The van der Waals surface area contributed by atoms with Crippen LogP contribution < -0.4 is 10.1 Å². The Labute approximate surface area is 122 Å². The van der Waals surface area contributed by atoms with Gasteiger partial charge < -0.3 is 10.1 Å². The quantitative estimate of drug-likeness (QED) is 0.750. The largest absolute Gasteiger partial charge is 0.490 e. The van der Waals surface area contributed by atoms with E-state index in [1.165, 1.54) is 0 Å². The molecule has 0 aliphatic rings. The van der Waals surface area contributed by atoms with Gasteiger partial charge in [0.05, 0.1) is 6.10 Å². The lowest BCUT2D eigenvalue weighted by Gasteiger charge is -2.18. The first kappa shape index (κ1) is 16.3. The van der Waals surface area contributed by atoms with Crippen LogP contribution in [0.25, 0.3) is 0 Å². The summed E-state index contributed by atoms with van der Waals surface area (Å²) in [6.45, 7) is 10.5. The molecule has 0 fully saturated rings. The van der Waals surface area contributed by atoms with Crippen LogP contribution in [0.2, 0.25) is 5.02 Å². The monoisotopic (exact) mass is 283 g/mol. The molecule has 0 spiro atoms. The summed E-state index contributed by atoms with van der Waals surface area (Å²) in [5.41, 5.74) is 1.14. The summed E-state index contributed by atoms with van der Waals surface area (Å²) in [7, 11) is 0. The van der Waals surface area contributed by atoms with Crippen molar-refractivity contribution in [3.05, 3.63) is 28.8 Å². The van der Waals surface area contributed by atoms with Crippen molar-refractivity contribution in [3.8, 4) is 5.75 Å². The minimum Gasteiger partial charge on any atom is -0.490 e. The molecule has 108 valence electrons. The summed E-state index contributed by atoms with van der Waals surface area (Å²) in [6, 6.07) is 5.85. The molecule has 1 atom stereocenters. The van der Waals surface area contributed by atoms with E-state index < -0.39 is 0 Å². The maximum Gasteiger partial charge on any atom is 0.124 e. The van der Waals surface area contributed by atoms with Crippen molar-refractivity contribution in [3.63, 3.8) is 0 Å². The average molecular weight is 284 g/mol. The average Bonchev–Trinajstić information content (AvgIpc) is 2.32. The molecule has 0 aliphatic carbocycles. The first-order valence-electron chi connectivity index (χ1n) is 7.18. The molecule has 0 aliphatic heterocycles. The lowest BCUT2D eigenvalue weighted by atomic mass is 10.1. The summed E-state index contributed by atoms with van der Waals surface area (Å²) in [5, 5.41) is 4.20. The van der Waals surface area contributed by atoms with Crippen molar-refractivity contribution in [2.24, 2.45) is 5.92 Å². The Hall–Kier alpha value is -0.730. The van der Waals surface area contributed by atoms with Gasteiger partial charge in [-0.3, -0.25) is 0 Å². The van der Waals surface area contributed by atoms with Crippen LogP contribution in [0.3, 0.4) is 0 Å². The molecule has 0 bridgehead atoms. The van der Waals surface area contributed by atoms with Gasteiger partial charge >= 0.3 is 0 Å². The van der Waals surface area contributed by atoms with Crippen LogP contribution >= 0.6 is 11.6 Å². The Balaban J connectivity index is 2.68. The third-order valence-electron chi connectivity index (χ3n) is 2.91. The van der Waals surface area contributed by atoms with E-state index in [2.05, 4.69) is 33.0 Å². The lowest BCUT2D eigenvalue weighted by Crippen LogP contribution is -2.20. The van der Waals surface area contributed by atoms with Crippen LogP contribution in [0.15, 0.2) is 18.2 Å². The smallest absolute Gasteiger partial charge is 0.124 e. The third kappa shape index (κ3) is 6.31. The highest BCUT2D eigenvalue weighted by Gasteiger charge is 2.09. The first-order chi connectivity index (χ1) is 9.02. The molecule has 1 N–H and O–H groups in total. The minimum absolute atomic E-state index is 0.245. The van der Waals surface area contributed by atoms with E-state index in [-0.39, 0.29) is 6.10 Å². The van der Waals surface area contributed by atoms with Crippen LogP contribution in [-0.4, -0.2) is 12.6 Å². The van der Waals surface area contributed by atoms with Gasteiger partial charge in [-0.2, -0.15) is 0 Å². The molecule has 0 saturated carbocycles. The summed E-state index contributed by atoms with van der Waals surface area (Å²) >= 11 is 6.07. The number of nitrogens with one attached hydrogen (secondary N) is 1. The van der Waals surface area contributed by atoms with Crippen molar-refractivity contribution >= 4 is 11.6 Å². The second kappa shape index (κ2) is 8.44. The highest BCUT2D eigenvalue weighted by molar-refractivity contribution is 6.30. The highest BCUT2D eigenvalue weighted by Crippen LogP contribution is 2.24. The Bertz CT molecular complexity index is 379. The van der Waals surface area contributed by atoms with E-state index in [0.717, 1.165) is 42.3 Å². The van der Waals surface area contributed by atoms with Gasteiger partial charge in [0.25, 0.3) is 0 Å². The van der Waals surface area contributed by atoms with Gasteiger partial charge in [0.1, 0.15) is 5.75 Å². The van der Waals surface area contributed by atoms with Crippen molar-refractivity contribution in [2.75, 3.05) is 6.54 Å². The van der Waals surface area contributed by atoms with Gasteiger partial charge in [0.2, 0.25) is 0 Å². The van der Waals surface area contributed by atoms with Crippen LogP contribution in [-0.2, 0) is 6.54 Å². The molecule has 0 saturated heterocycles. The fourth-order valence-corrected chi connectivity index (χ4v) is 2.17. The molecule has 0 amide bonds. The third-order valence-corrected chi connectivity index (χ3v) is 3.15. The number of hydrogen-bond donors (Lipinski definition) is 1. The topological polar surface area (TPSA) is 21.3 Å². The second-order valence-corrected chi connectivity index (χ2v) is 5.93. The van der Waals surface area contributed by atoms with Gasteiger partial charge in [0, 0.05) is 17.1 Å². The maximum atomic E-state index is 6.07. The van der Waals surface area contributed by atoms with Gasteiger partial charge in [0.15, 0.2) is 0 Å². The van der Waals surface area contributed by atoms with Gasteiger partial charge in [-0.05, 0) is 44.0 Å². The van der Waals surface area contributed by atoms with E-state index in [0.29, 0.717) is 5.92 Å². The Morgan fingerprint density at radius 1 is 1.26 bits per heavy atom. The fraction of sp³-hybridized carbons (Fsp3) is 0.625. The van der Waals surface area contributed by atoms with E-state index in [9.17, 15) is 0 Å². The summed E-state index contributed by atoms with van der Waals surface area (Å²) < 4.78 is 6.00. The first-order valence-corrected chi connectivity index (χ1v) is 7.56. The minimum atomic E-state index is 0.245. The van der Waals surface area contributed by atoms with E-state index in [1.807, 2.05) is 18.2 Å². The van der Waals surface area contributed by atoms with Crippen molar-refractivity contribution < 1.29 is 4.74 Å². The van der Waals surface area contributed by atoms with Crippen molar-refractivity contribution in [1.82, 2.24) is 5.32 Å². The van der Waals surface area contributed by atoms with E-state index in [4.69, 9.17) is 16.3 Å². The molecule has 2 nitrogen and oxygen atoms in total. The molecule has 0 radical (unpaired) electrons. The van der Waals surface area contributed by atoms with Crippen LogP contribution in [0.1, 0.15) is 46.1 Å². The van der Waals surface area contributed by atoms with Crippen molar-refractivity contribution in [2.45, 2.75) is 53.2 Å². The summed E-state index contributed by atoms with van der Waals surface area (Å²) in [5.74, 6) is 1.59. The fourth-order valence-electron chi connectivity index (χ4n) is 1.98. The lowest BCUT2D eigenvalue weighted by molar-refractivity contribution is 0.207. The molecule has 0 aromatic heterocycles. The molecule has 1 aromatic rings. The van der Waals surface area contributed by atoms with Gasteiger partial charge in [-0.15, -0.1) is 0 Å². The van der Waals surface area contributed by atoms with Crippen LogP contribution in [0.4, 0.5) is 0 Å². The molecular formula is C16H26ClNO. The number of rotatable bonds is 8. The normalized spacial score (nSPS) is 12.7. The van der Waals surface area contributed by atoms with Gasteiger partial charge in [-0.1, -0.05) is 38.8 Å².